The molecule has 0 saturated carbocycles. The zero-order chi connectivity index (χ0) is 22.0. The van der Waals surface area contributed by atoms with Crippen molar-refractivity contribution in [3.05, 3.63) is 58.6 Å². The summed E-state index contributed by atoms with van der Waals surface area (Å²) in [5, 5.41) is 24.6. The maximum absolute atomic E-state index is 13.1. The van der Waals surface area contributed by atoms with Gasteiger partial charge in [-0.05, 0) is 49.6 Å². The summed E-state index contributed by atoms with van der Waals surface area (Å²) in [4.78, 5) is 14.6. The lowest BCUT2D eigenvalue weighted by molar-refractivity contribution is -0.133. The summed E-state index contributed by atoms with van der Waals surface area (Å²) >= 11 is 6.76. The highest BCUT2D eigenvalue weighted by atomic mass is 35.5. The fourth-order valence-corrected chi connectivity index (χ4v) is 4.63. The van der Waals surface area contributed by atoms with E-state index in [0.717, 1.165) is 24.1 Å². The lowest BCUT2D eigenvalue weighted by Crippen LogP contribution is -2.62. The number of nitrogens with zero attached hydrogens (tertiary/aromatic N) is 2. The molecular weight excluding hydrogens is 414 g/mol. The molecule has 0 bridgehead atoms. The molecule has 0 unspecified atom stereocenters. The summed E-state index contributed by atoms with van der Waals surface area (Å²) in [7, 11) is 0. The molecule has 2 aromatic rings. The number of rotatable bonds is 4. The second-order valence-electron chi connectivity index (χ2n) is 8.07. The standard InChI is InChI=1S/C23H24ClN5O2/c1-23(13-20(30)29(22(26)28-23)17-8-10-31-11-9-17)18-6-3-7-19(21(18)24)27-16-5-2-4-15(12-16)14-25/h2-7,12,17,27H,8-11,13H2,1H3,(H2,26,28)/t23-/m0/s1. The topological polar surface area (TPSA) is 101 Å². The van der Waals surface area contributed by atoms with Gasteiger partial charge < -0.3 is 15.4 Å². The SMILES string of the molecule is C[C@@]1(c2cccc(Nc3cccc(C#N)c3)c2Cl)CC(=O)N(C2CCOCC2)C(=N)N1. The highest BCUT2D eigenvalue weighted by Crippen LogP contribution is 2.39. The number of guanidine groups is 1. The Hall–Kier alpha value is -3.08. The van der Waals surface area contributed by atoms with E-state index < -0.39 is 5.54 Å². The van der Waals surface area contributed by atoms with Crippen LogP contribution in [0.25, 0.3) is 0 Å². The van der Waals surface area contributed by atoms with E-state index in [1.54, 1.807) is 23.1 Å². The highest BCUT2D eigenvalue weighted by Gasteiger charge is 2.43. The van der Waals surface area contributed by atoms with Crippen LogP contribution in [0.3, 0.4) is 0 Å². The van der Waals surface area contributed by atoms with E-state index in [0.29, 0.717) is 29.5 Å². The Morgan fingerprint density at radius 3 is 2.74 bits per heavy atom. The van der Waals surface area contributed by atoms with E-state index in [4.69, 9.17) is 27.0 Å². The summed E-state index contributed by atoms with van der Waals surface area (Å²) in [6.07, 6.45) is 1.66. The van der Waals surface area contributed by atoms with Crippen LogP contribution < -0.4 is 10.6 Å². The molecule has 7 nitrogen and oxygen atoms in total. The summed E-state index contributed by atoms with van der Waals surface area (Å²) < 4.78 is 5.39. The lowest BCUT2D eigenvalue weighted by Gasteiger charge is -2.45. The first-order chi connectivity index (χ1) is 14.9. The van der Waals surface area contributed by atoms with E-state index in [-0.39, 0.29) is 24.3 Å². The maximum atomic E-state index is 13.1. The normalized spacial score (nSPS) is 22.0. The molecule has 3 N–H and O–H groups in total. The lowest BCUT2D eigenvalue weighted by atomic mass is 9.85. The molecule has 1 amide bonds. The number of nitrogens with one attached hydrogen (secondary N) is 3. The first-order valence-corrected chi connectivity index (χ1v) is 10.6. The largest absolute Gasteiger partial charge is 0.381 e. The number of carbonyl (C=O) groups excluding carboxylic acids is 1. The first kappa shape index (κ1) is 21.2. The van der Waals surface area contributed by atoms with Gasteiger partial charge in [0, 0.05) is 24.9 Å². The molecule has 2 saturated heterocycles. The molecule has 4 rings (SSSR count). The molecule has 1 atom stereocenters. The minimum absolute atomic E-state index is 0.0123. The molecule has 2 aromatic carbocycles. The van der Waals surface area contributed by atoms with Gasteiger partial charge in [-0.2, -0.15) is 5.26 Å². The van der Waals surface area contributed by atoms with Crippen LogP contribution in [0.2, 0.25) is 5.02 Å². The van der Waals surface area contributed by atoms with Crippen molar-refractivity contribution < 1.29 is 9.53 Å². The minimum Gasteiger partial charge on any atom is -0.381 e. The van der Waals surface area contributed by atoms with Gasteiger partial charge in [0.05, 0.1) is 34.3 Å². The zero-order valence-corrected chi connectivity index (χ0v) is 18.0. The van der Waals surface area contributed by atoms with E-state index in [1.807, 2.05) is 31.2 Å². The smallest absolute Gasteiger partial charge is 0.232 e. The quantitative estimate of drug-likeness (QED) is 0.668. The molecule has 2 aliphatic rings. The fraction of sp³-hybridized carbons (Fsp3) is 0.348. The highest BCUT2D eigenvalue weighted by molar-refractivity contribution is 6.34. The number of benzene rings is 2. The third-order valence-corrected chi connectivity index (χ3v) is 6.24. The van der Waals surface area contributed by atoms with Gasteiger partial charge in [-0.3, -0.25) is 15.1 Å². The molecule has 0 spiro atoms. The third-order valence-electron chi connectivity index (χ3n) is 5.83. The molecular formula is C23H24ClN5O2. The number of nitriles is 1. The van der Waals surface area contributed by atoms with Gasteiger partial charge in [0.25, 0.3) is 0 Å². The van der Waals surface area contributed by atoms with Crippen LogP contribution >= 0.6 is 11.6 Å². The average molecular weight is 438 g/mol. The van der Waals surface area contributed by atoms with Gasteiger partial charge in [-0.25, -0.2) is 0 Å². The number of hydrogen-bond acceptors (Lipinski definition) is 5. The Kier molecular flexibility index (Phi) is 5.86. The summed E-state index contributed by atoms with van der Waals surface area (Å²) in [6.45, 7) is 3.10. The number of halogens is 1. The van der Waals surface area contributed by atoms with Crippen LogP contribution in [0.4, 0.5) is 11.4 Å². The molecule has 8 heteroatoms. The van der Waals surface area contributed by atoms with Crippen molar-refractivity contribution in [1.82, 2.24) is 10.2 Å². The van der Waals surface area contributed by atoms with Crippen LogP contribution in [0.5, 0.6) is 0 Å². The van der Waals surface area contributed by atoms with E-state index in [1.165, 1.54) is 0 Å². The van der Waals surface area contributed by atoms with Gasteiger partial charge in [-0.15, -0.1) is 0 Å². The zero-order valence-electron chi connectivity index (χ0n) is 17.2. The van der Waals surface area contributed by atoms with Crippen molar-refractivity contribution in [2.75, 3.05) is 18.5 Å². The molecule has 160 valence electrons. The van der Waals surface area contributed by atoms with E-state index >= 15 is 0 Å². The van der Waals surface area contributed by atoms with E-state index in [2.05, 4.69) is 16.7 Å². The van der Waals surface area contributed by atoms with Crippen LogP contribution in [-0.4, -0.2) is 36.0 Å². The number of anilines is 2. The minimum atomic E-state index is -0.806. The first-order valence-electron chi connectivity index (χ1n) is 10.2. The summed E-state index contributed by atoms with van der Waals surface area (Å²) in [6, 6.07) is 14.8. The van der Waals surface area contributed by atoms with Gasteiger partial charge >= 0.3 is 0 Å². The second-order valence-corrected chi connectivity index (χ2v) is 8.45. The second kappa shape index (κ2) is 8.58. The number of ether oxygens (including phenoxy) is 1. The fourth-order valence-electron chi connectivity index (χ4n) is 4.25. The molecule has 2 heterocycles. The number of hydrogen-bond donors (Lipinski definition) is 3. The number of carbonyl (C=O) groups is 1. The van der Waals surface area contributed by atoms with Gasteiger partial charge in [0.15, 0.2) is 5.96 Å². The Labute approximate surface area is 186 Å². The molecule has 2 aliphatic heterocycles. The van der Waals surface area contributed by atoms with Crippen molar-refractivity contribution in [3.8, 4) is 6.07 Å². The predicted octanol–water partition coefficient (Wildman–Crippen LogP) is 4.11. The van der Waals surface area contributed by atoms with Crippen LogP contribution in [0.1, 0.15) is 37.3 Å². The Balaban J connectivity index is 1.59. The molecule has 2 fully saturated rings. The van der Waals surface area contributed by atoms with E-state index in [9.17, 15) is 4.79 Å². The molecule has 0 radical (unpaired) electrons. The maximum Gasteiger partial charge on any atom is 0.232 e. The molecule has 31 heavy (non-hydrogen) atoms. The number of amides is 1. The Morgan fingerprint density at radius 1 is 1.29 bits per heavy atom. The summed E-state index contributed by atoms with van der Waals surface area (Å²) in [5.74, 6) is 0.0103. The molecule has 0 aliphatic carbocycles. The van der Waals surface area contributed by atoms with Crippen LogP contribution in [0.15, 0.2) is 42.5 Å². The average Bonchev–Trinajstić information content (AvgIpc) is 2.75. The monoisotopic (exact) mass is 437 g/mol. The van der Waals surface area contributed by atoms with Crippen molar-refractivity contribution in [2.45, 2.75) is 37.8 Å². The Bertz CT molecular complexity index is 1040. The van der Waals surface area contributed by atoms with Gasteiger partial charge in [0.1, 0.15) is 0 Å². The third kappa shape index (κ3) is 4.22. The van der Waals surface area contributed by atoms with Crippen molar-refractivity contribution >= 4 is 34.8 Å². The molecule has 0 aromatic heterocycles. The van der Waals surface area contributed by atoms with Crippen LogP contribution in [-0.2, 0) is 15.1 Å². The Morgan fingerprint density at radius 2 is 2.03 bits per heavy atom. The van der Waals surface area contributed by atoms with Crippen LogP contribution in [0, 0.1) is 16.7 Å². The predicted molar refractivity (Wildman–Crippen MR) is 119 cm³/mol. The van der Waals surface area contributed by atoms with Crippen molar-refractivity contribution in [3.63, 3.8) is 0 Å². The van der Waals surface area contributed by atoms with Crippen molar-refractivity contribution in [2.24, 2.45) is 0 Å². The van der Waals surface area contributed by atoms with Crippen molar-refractivity contribution in [1.29, 1.82) is 10.7 Å². The van der Waals surface area contributed by atoms with Gasteiger partial charge in [-0.1, -0.05) is 29.8 Å². The summed E-state index contributed by atoms with van der Waals surface area (Å²) in [5.41, 5.74) is 1.89. The van der Waals surface area contributed by atoms with Gasteiger partial charge in [0.2, 0.25) is 5.91 Å².